The second kappa shape index (κ2) is 6.91. The minimum Gasteiger partial charge on any atom is -0.465 e. The van der Waals surface area contributed by atoms with Crippen LogP contribution in [-0.4, -0.2) is 36.6 Å². The zero-order valence-electron chi connectivity index (χ0n) is 16.1. The van der Waals surface area contributed by atoms with Crippen molar-refractivity contribution in [2.45, 2.75) is 51.4 Å². The topological polar surface area (TPSA) is 49.7 Å². The van der Waals surface area contributed by atoms with Crippen molar-refractivity contribution in [3.8, 4) is 0 Å². The van der Waals surface area contributed by atoms with Gasteiger partial charge in [0.15, 0.2) is 5.79 Å². The van der Waals surface area contributed by atoms with E-state index in [4.69, 9.17) is 14.2 Å². The van der Waals surface area contributed by atoms with E-state index in [2.05, 4.69) is 11.5 Å². The van der Waals surface area contributed by atoms with E-state index in [0.717, 1.165) is 36.9 Å². The van der Waals surface area contributed by atoms with Gasteiger partial charge in [0, 0.05) is 35.5 Å². The fourth-order valence-corrected chi connectivity index (χ4v) is 4.86. The molecule has 2 fully saturated rings. The molecule has 1 saturated heterocycles. The zero-order chi connectivity index (χ0) is 19.2. The Bertz CT molecular complexity index is 859. The molecule has 0 unspecified atom stereocenters. The molecule has 2 aromatic rings. The van der Waals surface area contributed by atoms with Crippen molar-refractivity contribution in [2.24, 2.45) is 5.92 Å². The Morgan fingerprint density at radius 1 is 1.30 bits per heavy atom. The lowest BCUT2D eigenvalue weighted by Gasteiger charge is -2.38. The van der Waals surface area contributed by atoms with Gasteiger partial charge in [-0.25, -0.2) is 9.18 Å². The molecule has 4 rings (SSSR count). The highest BCUT2D eigenvalue weighted by atomic mass is 19.1. The van der Waals surface area contributed by atoms with E-state index in [0.29, 0.717) is 30.1 Å². The summed E-state index contributed by atoms with van der Waals surface area (Å²) in [6.45, 7) is 5.44. The molecule has 6 heteroatoms. The highest BCUT2D eigenvalue weighted by Gasteiger charge is 2.42. The number of nitrogens with zero attached hydrogens (tertiary/aromatic N) is 1. The maximum Gasteiger partial charge on any atom is 0.340 e. The summed E-state index contributed by atoms with van der Waals surface area (Å²) in [6.07, 6.45) is 3.77. The van der Waals surface area contributed by atoms with Gasteiger partial charge in [-0.2, -0.15) is 0 Å². The lowest BCUT2D eigenvalue weighted by Crippen LogP contribution is -2.37. The predicted molar refractivity (Wildman–Crippen MR) is 99.3 cm³/mol. The Hall–Kier alpha value is -1.92. The molecule has 1 aliphatic heterocycles. The first-order valence-corrected chi connectivity index (χ1v) is 9.62. The summed E-state index contributed by atoms with van der Waals surface area (Å²) in [5.41, 5.74) is 2.15. The van der Waals surface area contributed by atoms with Gasteiger partial charge in [-0.05, 0) is 50.8 Å². The number of hydrogen-bond acceptors (Lipinski definition) is 4. The van der Waals surface area contributed by atoms with Crippen LogP contribution in [0.15, 0.2) is 18.2 Å². The Balaban J connectivity index is 1.69. The van der Waals surface area contributed by atoms with Crippen LogP contribution in [0.5, 0.6) is 0 Å². The molecule has 1 aromatic heterocycles. The Labute approximate surface area is 158 Å². The maximum atomic E-state index is 13.9. The number of hydrogen-bond donors (Lipinski definition) is 0. The van der Waals surface area contributed by atoms with E-state index in [1.807, 2.05) is 6.92 Å². The van der Waals surface area contributed by atoms with E-state index in [1.54, 1.807) is 6.07 Å². The van der Waals surface area contributed by atoms with E-state index in [9.17, 15) is 9.18 Å². The van der Waals surface area contributed by atoms with Crippen LogP contribution in [0.1, 0.15) is 54.7 Å². The molecular weight excluding hydrogens is 349 g/mol. The Kier molecular flexibility index (Phi) is 4.72. The van der Waals surface area contributed by atoms with Gasteiger partial charge in [-0.15, -0.1) is 0 Å². The normalized spacial score (nSPS) is 21.0. The van der Waals surface area contributed by atoms with Crippen LogP contribution >= 0.6 is 0 Å². The van der Waals surface area contributed by atoms with Crippen molar-refractivity contribution in [1.29, 1.82) is 0 Å². The number of carbonyl (C=O) groups is 1. The minimum atomic E-state index is -0.426. The number of ether oxygens (including phenoxy) is 3. The van der Waals surface area contributed by atoms with E-state index in [-0.39, 0.29) is 17.6 Å². The fraction of sp³-hybridized carbons (Fsp3) is 0.571. The van der Waals surface area contributed by atoms with E-state index < -0.39 is 5.97 Å². The van der Waals surface area contributed by atoms with Gasteiger partial charge in [0.2, 0.25) is 0 Å². The largest absolute Gasteiger partial charge is 0.465 e. The van der Waals surface area contributed by atoms with Gasteiger partial charge < -0.3 is 18.8 Å². The number of rotatable bonds is 3. The molecule has 2 aliphatic rings. The van der Waals surface area contributed by atoms with Crippen molar-refractivity contribution in [1.82, 2.24) is 4.57 Å². The van der Waals surface area contributed by atoms with Crippen LogP contribution in [0.2, 0.25) is 0 Å². The molecule has 0 N–H and O–H groups in total. The average molecular weight is 375 g/mol. The molecule has 0 radical (unpaired) electrons. The summed E-state index contributed by atoms with van der Waals surface area (Å²) in [6, 6.07) is 4.81. The van der Waals surface area contributed by atoms with Crippen LogP contribution in [-0.2, 0) is 14.2 Å². The van der Waals surface area contributed by atoms with Gasteiger partial charge in [0.25, 0.3) is 0 Å². The summed E-state index contributed by atoms with van der Waals surface area (Å²) >= 11 is 0. The summed E-state index contributed by atoms with van der Waals surface area (Å²) in [5, 5.41) is 0.612. The zero-order valence-corrected chi connectivity index (χ0v) is 16.1. The predicted octanol–water partition coefficient (Wildman–Crippen LogP) is 4.37. The smallest absolute Gasteiger partial charge is 0.340 e. The second-order valence-corrected chi connectivity index (χ2v) is 7.67. The van der Waals surface area contributed by atoms with E-state index >= 15 is 0 Å². The molecule has 2 heterocycles. The van der Waals surface area contributed by atoms with Gasteiger partial charge in [-0.3, -0.25) is 0 Å². The first-order chi connectivity index (χ1) is 13.0. The summed E-state index contributed by atoms with van der Waals surface area (Å²) in [5.74, 6) is -0.727. The van der Waals surface area contributed by atoms with Gasteiger partial charge >= 0.3 is 5.97 Å². The number of aromatic nitrogens is 1. The Morgan fingerprint density at radius 3 is 2.59 bits per heavy atom. The molecule has 146 valence electrons. The van der Waals surface area contributed by atoms with E-state index in [1.165, 1.54) is 19.2 Å². The molecule has 1 saturated carbocycles. The molecule has 1 spiro atoms. The van der Waals surface area contributed by atoms with Crippen molar-refractivity contribution in [3.63, 3.8) is 0 Å². The summed E-state index contributed by atoms with van der Waals surface area (Å²) in [4.78, 5) is 12.4. The molecule has 0 amide bonds. The first-order valence-electron chi connectivity index (χ1n) is 9.62. The highest BCUT2D eigenvalue weighted by molar-refractivity contribution is 6.06. The molecule has 0 bridgehead atoms. The third kappa shape index (κ3) is 3.05. The first kappa shape index (κ1) is 18.4. The van der Waals surface area contributed by atoms with Gasteiger partial charge in [0.05, 0.1) is 25.9 Å². The third-order valence-electron chi connectivity index (χ3n) is 6.30. The number of fused-ring (bicyclic) bond motifs is 1. The van der Waals surface area contributed by atoms with Crippen LogP contribution in [0.25, 0.3) is 10.9 Å². The third-order valence-corrected chi connectivity index (χ3v) is 6.30. The number of methoxy groups -OCH3 is 1. The number of halogens is 1. The van der Waals surface area contributed by atoms with Crippen LogP contribution in [0, 0.1) is 18.7 Å². The Morgan fingerprint density at radius 2 is 1.96 bits per heavy atom. The molecule has 5 nitrogen and oxygen atoms in total. The van der Waals surface area contributed by atoms with Crippen LogP contribution < -0.4 is 0 Å². The maximum absolute atomic E-state index is 13.9. The van der Waals surface area contributed by atoms with Crippen molar-refractivity contribution < 1.29 is 23.4 Å². The SMILES string of the molecule is COC(=O)c1c(C)n([C@H](C)C2CCC3(CC2)OCCO3)c2ccc(F)cc12. The van der Waals surface area contributed by atoms with Crippen LogP contribution in [0.4, 0.5) is 4.39 Å². The van der Waals surface area contributed by atoms with Crippen molar-refractivity contribution in [3.05, 3.63) is 35.3 Å². The average Bonchev–Trinajstić information content (AvgIpc) is 3.23. The molecule has 1 aliphatic carbocycles. The van der Waals surface area contributed by atoms with Crippen molar-refractivity contribution in [2.75, 3.05) is 20.3 Å². The van der Waals surface area contributed by atoms with Gasteiger partial charge in [-0.1, -0.05) is 0 Å². The number of benzene rings is 1. The quantitative estimate of drug-likeness (QED) is 0.748. The highest BCUT2D eigenvalue weighted by Crippen LogP contribution is 2.43. The number of esters is 1. The minimum absolute atomic E-state index is 0.176. The standard InChI is InChI=1S/C21H26FNO4/c1-13(15-6-8-21(9-7-15)26-10-11-27-21)23-14(2)19(20(24)25-3)17-12-16(22)4-5-18(17)23/h4-5,12-13,15H,6-11H2,1-3H3/t13-/m1/s1. The lowest BCUT2D eigenvalue weighted by atomic mass is 9.81. The monoisotopic (exact) mass is 375 g/mol. The molecule has 1 atom stereocenters. The van der Waals surface area contributed by atoms with Gasteiger partial charge in [0.1, 0.15) is 5.82 Å². The summed E-state index contributed by atoms with van der Waals surface area (Å²) < 4.78 is 32.7. The van der Waals surface area contributed by atoms with Crippen molar-refractivity contribution >= 4 is 16.9 Å². The molecular formula is C21H26FNO4. The lowest BCUT2D eigenvalue weighted by molar-refractivity contribution is -0.184. The fourth-order valence-electron chi connectivity index (χ4n) is 4.86. The second-order valence-electron chi connectivity index (χ2n) is 7.67. The molecule has 1 aromatic carbocycles. The van der Waals surface area contributed by atoms with Crippen LogP contribution in [0.3, 0.4) is 0 Å². The number of carbonyl (C=O) groups excluding carboxylic acids is 1. The molecule has 27 heavy (non-hydrogen) atoms. The summed E-state index contributed by atoms with van der Waals surface area (Å²) in [7, 11) is 1.36.